The highest BCUT2D eigenvalue weighted by Gasteiger charge is 2.32. The van der Waals surface area contributed by atoms with Gasteiger partial charge in [0.05, 0.1) is 0 Å². The minimum absolute atomic E-state index is 0.206. The molecule has 3 heteroatoms. The average molecular weight is 143 g/mol. The summed E-state index contributed by atoms with van der Waals surface area (Å²) in [6.07, 6.45) is 1.57. The van der Waals surface area contributed by atoms with Gasteiger partial charge in [-0.1, -0.05) is 0 Å². The minimum atomic E-state index is -0.820. The van der Waals surface area contributed by atoms with E-state index in [1.54, 1.807) is 7.05 Å². The topological polar surface area (TPSA) is 40.5 Å². The zero-order valence-corrected chi connectivity index (χ0v) is 6.37. The molecule has 0 bridgehead atoms. The molecule has 1 fully saturated rings. The van der Waals surface area contributed by atoms with E-state index in [9.17, 15) is 4.79 Å². The second kappa shape index (κ2) is 2.48. The number of carboxylic acid groups (broad SMARTS) is 1. The first-order valence-electron chi connectivity index (χ1n) is 3.58. The minimum Gasteiger partial charge on any atom is -0.465 e. The van der Waals surface area contributed by atoms with Gasteiger partial charge in [0.2, 0.25) is 0 Å². The van der Waals surface area contributed by atoms with Gasteiger partial charge >= 0.3 is 6.09 Å². The average Bonchev–Trinajstić information content (AvgIpc) is 2.65. The van der Waals surface area contributed by atoms with Crippen molar-refractivity contribution in [3.05, 3.63) is 0 Å². The van der Waals surface area contributed by atoms with Crippen LogP contribution in [-0.2, 0) is 0 Å². The highest BCUT2D eigenvalue weighted by Crippen LogP contribution is 2.34. The third kappa shape index (κ3) is 1.40. The lowest BCUT2D eigenvalue weighted by atomic mass is 10.2. The van der Waals surface area contributed by atoms with E-state index in [1.807, 2.05) is 6.92 Å². The van der Waals surface area contributed by atoms with Crippen LogP contribution in [0.5, 0.6) is 0 Å². The second-order valence-electron chi connectivity index (χ2n) is 2.97. The molecule has 0 heterocycles. The van der Waals surface area contributed by atoms with Crippen LogP contribution in [0, 0.1) is 5.92 Å². The SMILES string of the molecule is CC(C1CC1)N(C)C(=O)O. The molecular weight excluding hydrogens is 130 g/mol. The van der Waals surface area contributed by atoms with Crippen molar-refractivity contribution in [3.8, 4) is 0 Å². The molecule has 0 radical (unpaired) electrons. The Balaban J connectivity index is 2.38. The Hall–Kier alpha value is -0.730. The summed E-state index contributed by atoms with van der Waals surface area (Å²) >= 11 is 0. The van der Waals surface area contributed by atoms with Crippen molar-refractivity contribution < 1.29 is 9.90 Å². The zero-order chi connectivity index (χ0) is 7.72. The molecule has 1 unspecified atom stereocenters. The van der Waals surface area contributed by atoms with Gasteiger partial charge < -0.3 is 10.0 Å². The molecule has 1 aliphatic carbocycles. The van der Waals surface area contributed by atoms with E-state index in [0.29, 0.717) is 5.92 Å². The van der Waals surface area contributed by atoms with Gasteiger partial charge in [-0.25, -0.2) is 4.79 Å². The van der Waals surface area contributed by atoms with Crippen molar-refractivity contribution in [2.45, 2.75) is 25.8 Å². The van der Waals surface area contributed by atoms with Crippen molar-refractivity contribution in [2.75, 3.05) is 7.05 Å². The molecule has 1 rings (SSSR count). The van der Waals surface area contributed by atoms with Crippen LogP contribution in [0.3, 0.4) is 0 Å². The number of rotatable bonds is 2. The Morgan fingerprint density at radius 2 is 2.20 bits per heavy atom. The van der Waals surface area contributed by atoms with E-state index in [4.69, 9.17) is 5.11 Å². The maximum atomic E-state index is 10.4. The van der Waals surface area contributed by atoms with Crippen LogP contribution in [0.25, 0.3) is 0 Å². The van der Waals surface area contributed by atoms with Gasteiger partial charge in [0.1, 0.15) is 0 Å². The van der Waals surface area contributed by atoms with Crippen LogP contribution in [0.1, 0.15) is 19.8 Å². The van der Waals surface area contributed by atoms with Crippen molar-refractivity contribution in [3.63, 3.8) is 0 Å². The second-order valence-corrected chi connectivity index (χ2v) is 2.97. The maximum Gasteiger partial charge on any atom is 0.407 e. The molecule has 1 atom stereocenters. The molecule has 58 valence electrons. The van der Waals surface area contributed by atoms with Gasteiger partial charge in [-0.3, -0.25) is 0 Å². The number of hydrogen-bond donors (Lipinski definition) is 1. The highest BCUT2D eigenvalue weighted by atomic mass is 16.4. The van der Waals surface area contributed by atoms with E-state index in [2.05, 4.69) is 0 Å². The fraction of sp³-hybridized carbons (Fsp3) is 0.857. The van der Waals surface area contributed by atoms with E-state index in [1.165, 1.54) is 17.7 Å². The summed E-state index contributed by atoms with van der Waals surface area (Å²) in [6.45, 7) is 1.96. The van der Waals surface area contributed by atoms with Crippen LogP contribution in [0.2, 0.25) is 0 Å². The van der Waals surface area contributed by atoms with Gasteiger partial charge in [0.15, 0.2) is 0 Å². The van der Waals surface area contributed by atoms with Crippen molar-refractivity contribution in [2.24, 2.45) is 5.92 Å². The molecule has 1 aliphatic rings. The van der Waals surface area contributed by atoms with Crippen LogP contribution in [-0.4, -0.2) is 29.2 Å². The lowest BCUT2D eigenvalue weighted by Crippen LogP contribution is -2.35. The van der Waals surface area contributed by atoms with Crippen molar-refractivity contribution in [1.82, 2.24) is 4.90 Å². The Morgan fingerprint density at radius 1 is 1.70 bits per heavy atom. The van der Waals surface area contributed by atoms with Crippen LogP contribution >= 0.6 is 0 Å². The molecule has 1 N–H and O–H groups in total. The summed E-state index contributed by atoms with van der Waals surface area (Å²) in [7, 11) is 1.63. The lowest BCUT2D eigenvalue weighted by Gasteiger charge is -2.20. The smallest absolute Gasteiger partial charge is 0.407 e. The number of amides is 1. The standard InChI is InChI=1S/C7H13NO2/c1-5(6-3-4-6)8(2)7(9)10/h5-6H,3-4H2,1-2H3,(H,9,10). The molecule has 10 heavy (non-hydrogen) atoms. The van der Waals surface area contributed by atoms with Gasteiger partial charge in [0.25, 0.3) is 0 Å². The maximum absolute atomic E-state index is 10.4. The third-order valence-corrected chi connectivity index (χ3v) is 2.22. The summed E-state index contributed by atoms with van der Waals surface area (Å²) in [5, 5.41) is 8.56. The molecule has 3 nitrogen and oxygen atoms in total. The Kier molecular flexibility index (Phi) is 1.83. The van der Waals surface area contributed by atoms with E-state index < -0.39 is 6.09 Å². The molecule has 0 saturated heterocycles. The third-order valence-electron chi connectivity index (χ3n) is 2.22. The van der Waals surface area contributed by atoms with Crippen LogP contribution < -0.4 is 0 Å². The van der Waals surface area contributed by atoms with Gasteiger partial charge in [0, 0.05) is 13.1 Å². The van der Waals surface area contributed by atoms with Gasteiger partial charge in [-0.05, 0) is 25.7 Å². The first kappa shape index (κ1) is 7.38. The molecule has 0 spiro atoms. The van der Waals surface area contributed by atoms with Gasteiger partial charge in [-0.15, -0.1) is 0 Å². The Morgan fingerprint density at radius 3 is 2.50 bits per heavy atom. The van der Waals surface area contributed by atoms with Crippen molar-refractivity contribution >= 4 is 6.09 Å². The highest BCUT2D eigenvalue weighted by molar-refractivity contribution is 5.65. The first-order valence-corrected chi connectivity index (χ1v) is 3.58. The van der Waals surface area contributed by atoms with Crippen LogP contribution in [0.15, 0.2) is 0 Å². The predicted octanol–water partition coefficient (Wildman–Crippen LogP) is 1.39. The zero-order valence-electron chi connectivity index (χ0n) is 6.37. The summed E-state index contributed by atoms with van der Waals surface area (Å²) in [5.74, 6) is 0.626. The summed E-state index contributed by atoms with van der Waals surface area (Å²) in [6, 6.07) is 0.206. The van der Waals surface area contributed by atoms with Crippen LogP contribution in [0.4, 0.5) is 4.79 Å². The van der Waals surface area contributed by atoms with E-state index in [-0.39, 0.29) is 6.04 Å². The monoisotopic (exact) mass is 143 g/mol. The predicted molar refractivity (Wildman–Crippen MR) is 38.0 cm³/mol. The molecule has 0 aromatic rings. The molecular formula is C7H13NO2. The number of nitrogens with zero attached hydrogens (tertiary/aromatic N) is 1. The summed E-state index contributed by atoms with van der Waals surface area (Å²) < 4.78 is 0. The Labute approximate surface area is 60.6 Å². The number of carbonyl (C=O) groups is 1. The molecule has 1 amide bonds. The molecule has 0 aromatic heterocycles. The summed E-state index contributed by atoms with van der Waals surface area (Å²) in [5.41, 5.74) is 0. The fourth-order valence-electron chi connectivity index (χ4n) is 1.07. The molecule has 1 saturated carbocycles. The quantitative estimate of drug-likeness (QED) is 0.634. The molecule has 0 aromatic carbocycles. The van der Waals surface area contributed by atoms with E-state index >= 15 is 0 Å². The first-order chi connectivity index (χ1) is 4.63. The van der Waals surface area contributed by atoms with Gasteiger partial charge in [-0.2, -0.15) is 0 Å². The summed E-state index contributed by atoms with van der Waals surface area (Å²) in [4.78, 5) is 11.8. The largest absolute Gasteiger partial charge is 0.465 e. The van der Waals surface area contributed by atoms with E-state index in [0.717, 1.165) is 0 Å². The molecule has 0 aliphatic heterocycles. The normalized spacial score (nSPS) is 20.2. The van der Waals surface area contributed by atoms with Crippen molar-refractivity contribution in [1.29, 1.82) is 0 Å². The fourth-order valence-corrected chi connectivity index (χ4v) is 1.07. The lowest BCUT2D eigenvalue weighted by molar-refractivity contribution is 0.137. The Bertz CT molecular complexity index is 143. The number of hydrogen-bond acceptors (Lipinski definition) is 1.